The van der Waals surface area contributed by atoms with Crippen LogP contribution in [0.15, 0.2) is 406 Å². The Morgan fingerprint density at radius 2 is 0.486 bits per heavy atom. The van der Waals surface area contributed by atoms with Crippen molar-refractivity contribution in [3.63, 3.8) is 0 Å². The van der Waals surface area contributed by atoms with E-state index < -0.39 is 16.1 Å². The minimum absolute atomic E-state index is 1.12. The van der Waals surface area contributed by atoms with Gasteiger partial charge in [-0.1, -0.05) is 267 Å². The third-order valence-corrected chi connectivity index (χ3v) is 34.1. The van der Waals surface area contributed by atoms with Crippen LogP contribution in [0, 0.1) is 0 Å². The van der Waals surface area contributed by atoms with Gasteiger partial charge >= 0.3 is 0 Å². The van der Waals surface area contributed by atoms with Crippen molar-refractivity contribution in [2.75, 3.05) is 16.8 Å². The van der Waals surface area contributed by atoms with Gasteiger partial charge in [0.15, 0.2) is 16.1 Å². The molecule has 0 saturated carbocycles. The van der Waals surface area contributed by atoms with Gasteiger partial charge in [0, 0.05) is 101 Å². The van der Waals surface area contributed by atoms with Crippen molar-refractivity contribution in [3.8, 4) is 33.9 Å². The van der Waals surface area contributed by atoms with E-state index in [0.717, 1.165) is 50.5 Å². The molecular weight excluding hydrogens is 1380 g/mol. The Kier molecular flexibility index (Phi) is 13.9. The third kappa shape index (κ3) is 8.99. The Bertz CT molecular complexity index is 7180. The molecule has 0 unspecified atom stereocenters. The van der Waals surface area contributed by atoms with Gasteiger partial charge in [-0.2, -0.15) is 0 Å². The molecule has 0 N–H and O–H groups in total. The van der Waals surface area contributed by atoms with Crippen molar-refractivity contribution in [2.24, 2.45) is 0 Å². The lowest BCUT2D eigenvalue weighted by Gasteiger charge is -2.45. The van der Waals surface area contributed by atoms with E-state index in [9.17, 15) is 0 Å². The molecule has 2 aliphatic heterocycles. The van der Waals surface area contributed by atoms with Crippen LogP contribution >= 0.6 is 0 Å². The molecule has 6 heterocycles. The van der Waals surface area contributed by atoms with E-state index in [0.29, 0.717) is 0 Å². The van der Waals surface area contributed by atoms with Gasteiger partial charge < -0.3 is 28.1 Å². The molecule has 0 atom stereocenters. The summed E-state index contributed by atoms with van der Waals surface area (Å²) in [5.74, 6) is 0. The van der Waals surface area contributed by atoms with E-state index in [1.54, 1.807) is 0 Å². The molecule has 17 aromatic carbocycles. The molecule has 520 valence electrons. The molecule has 0 saturated heterocycles. The maximum absolute atomic E-state index is 3.29. The van der Waals surface area contributed by atoms with E-state index in [-0.39, 0.29) is 0 Å². The molecule has 8 heteroatoms. The van der Waals surface area contributed by atoms with Gasteiger partial charge in [-0.25, -0.2) is 0 Å². The van der Waals surface area contributed by atoms with Gasteiger partial charge in [-0.15, -0.1) is 0 Å². The van der Waals surface area contributed by atoms with Gasteiger partial charge in [-0.05, 0) is 192 Å². The van der Waals surface area contributed by atoms with Crippen molar-refractivity contribution >= 4 is 173 Å². The quantitative estimate of drug-likeness (QED) is 0.128. The Morgan fingerprint density at radius 1 is 0.198 bits per heavy atom. The Hall–Kier alpha value is -14.0. The Labute approximate surface area is 644 Å². The molecule has 21 aromatic rings. The fourth-order valence-corrected chi connectivity index (χ4v) is 30.3. The van der Waals surface area contributed by atoms with E-state index in [4.69, 9.17) is 0 Å². The smallest absolute Gasteiger partial charge is 0.184 e. The second-order valence-corrected chi connectivity index (χ2v) is 37.3. The van der Waals surface area contributed by atoms with Gasteiger partial charge in [-0.3, -0.25) is 0 Å². The van der Waals surface area contributed by atoms with Gasteiger partial charge in [0.05, 0.1) is 44.1 Å². The first-order chi connectivity index (χ1) is 55.0. The summed E-state index contributed by atoms with van der Waals surface area (Å²) in [6.45, 7) is 0. The lowest BCUT2D eigenvalue weighted by atomic mass is 9.98. The fourth-order valence-electron chi connectivity index (χ4n) is 19.9. The van der Waals surface area contributed by atoms with Crippen LogP contribution < -0.4 is 51.3 Å². The first-order valence-electron chi connectivity index (χ1n) is 38.5. The molecule has 4 aromatic heterocycles. The largest absolute Gasteiger partial charge is 0.345 e. The van der Waals surface area contributed by atoms with E-state index in [1.165, 1.54) is 141 Å². The average molecular weight is 1450 g/mol. The lowest BCUT2D eigenvalue weighted by molar-refractivity contribution is 1.15. The Morgan fingerprint density at radius 3 is 0.874 bits per heavy atom. The monoisotopic (exact) mass is 1450 g/mol. The van der Waals surface area contributed by atoms with E-state index in [2.05, 4.69) is 442 Å². The highest BCUT2D eigenvalue weighted by Gasteiger charge is 2.51. The molecule has 0 bridgehead atoms. The number of nitrogens with zero attached hydrogens (tertiary/aromatic N) is 6. The molecule has 0 amide bonds. The van der Waals surface area contributed by atoms with Crippen LogP contribution in [0.3, 0.4) is 0 Å². The van der Waals surface area contributed by atoms with Crippen molar-refractivity contribution < 1.29 is 0 Å². The van der Waals surface area contributed by atoms with E-state index >= 15 is 0 Å². The van der Waals surface area contributed by atoms with Crippen LogP contribution in [0.2, 0.25) is 0 Å². The fraction of sp³-hybridized carbons (Fsp3) is 0.00971. The second-order valence-electron chi connectivity index (χ2n) is 29.9. The number of benzene rings is 17. The molecule has 0 spiro atoms. The van der Waals surface area contributed by atoms with Gasteiger partial charge in [0.1, 0.15) is 0 Å². The minimum Gasteiger partial charge on any atom is -0.345 e. The summed E-state index contributed by atoms with van der Waals surface area (Å²) in [5, 5.41) is 20.6. The maximum Gasteiger partial charge on any atom is 0.184 e. The molecule has 0 aliphatic carbocycles. The average Bonchev–Trinajstić information content (AvgIpc) is 1.07. The van der Waals surface area contributed by atoms with Crippen LogP contribution in [0.1, 0.15) is 0 Å². The predicted octanol–water partition coefficient (Wildman–Crippen LogP) is 20.4. The van der Waals surface area contributed by atoms with E-state index in [1.807, 2.05) is 0 Å². The highest BCUT2D eigenvalue weighted by Crippen LogP contribution is 2.46. The predicted molar refractivity (Wildman–Crippen MR) is 473 cm³/mol. The highest BCUT2D eigenvalue weighted by molar-refractivity contribution is 7.22. The van der Waals surface area contributed by atoms with Crippen LogP contribution in [-0.4, -0.2) is 41.5 Å². The summed E-state index contributed by atoms with van der Waals surface area (Å²) in [6.07, 6.45) is 0. The summed E-state index contributed by atoms with van der Waals surface area (Å²) >= 11 is 0. The topological polar surface area (TPSA) is 26.2 Å². The normalized spacial score (nSPS) is 13.6. The third-order valence-electron chi connectivity index (χ3n) is 24.5. The van der Waals surface area contributed by atoms with Crippen LogP contribution in [-0.2, 0) is 0 Å². The molecule has 2 aliphatic rings. The van der Waals surface area contributed by atoms with Gasteiger partial charge in [0.2, 0.25) is 0 Å². The van der Waals surface area contributed by atoms with Gasteiger partial charge in [0.25, 0.3) is 0 Å². The first kappa shape index (κ1) is 63.1. The standard InChI is InChI=1S/C103H70N6Si2/c1-104-94-60-55-71(106-87-47-23-17-40-80(87)81-41-18-24-48-88(81)106)65-99(94)110(75-32-9-3-10-33-75,76-34-11-4-12-35-76)100-66-74(56-61-95(100)104)109-92-52-28-22-45-85(92)103-79(46-29-53-98(103)109)69-54-59-93-86(64-69)84-44-21-27-51-91(84)108(93)73-58-63-97-102(68-73)111(77-36-13-5-14-37-77,78-38-15-6-16-39-78)101-67-72(57-62-96(101)105(97)70-30-7-2-8-31-70)107-89-49-25-19-42-82(89)83-43-20-26-50-90(83)107/h2-68H,1H3. The highest BCUT2D eigenvalue weighted by atomic mass is 28.3. The number of anilines is 5. The second kappa shape index (κ2) is 24.5. The number of hydrogen-bond acceptors (Lipinski definition) is 2. The summed E-state index contributed by atoms with van der Waals surface area (Å²) in [6, 6.07) is 154. The molecule has 6 nitrogen and oxygen atoms in total. The molecule has 0 radical (unpaired) electrons. The van der Waals surface area contributed by atoms with Crippen molar-refractivity contribution in [3.05, 3.63) is 406 Å². The molecule has 23 rings (SSSR count). The van der Waals surface area contributed by atoms with Crippen LogP contribution in [0.5, 0.6) is 0 Å². The molecule has 0 fully saturated rings. The van der Waals surface area contributed by atoms with Crippen molar-refractivity contribution in [1.29, 1.82) is 0 Å². The first-order valence-corrected chi connectivity index (χ1v) is 42.5. The zero-order chi connectivity index (χ0) is 73.0. The number of aromatic nitrogens is 4. The zero-order valence-corrected chi connectivity index (χ0v) is 62.9. The molecular formula is C103H70N6Si2. The summed E-state index contributed by atoms with van der Waals surface area (Å²) in [5.41, 5.74) is 22.2. The number of para-hydroxylation sites is 7. The van der Waals surface area contributed by atoms with Crippen molar-refractivity contribution in [2.45, 2.75) is 0 Å². The number of hydrogen-bond donors (Lipinski definition) is 0. The van der Waals surface area contributed by atoms with Crippen LogP contribution in [0.25, 0.3) is 121 Å². The zero-order valence-electron chi connectivity index (χ0n) is 60.9. The van der Waals surface area contributed by atoms with Crippen molar-refractivity contribution in [1.82, 2.24) is 18.3 Å². The summed E-state index contributed by atoms with van der Waals surface area (Å²) < 4.78 is 10.1. The Balaban J connectivity index is 0.714. The number of rotatable bonds is 10. The SMILES string of the molecule is CN1c2ccc(-n3c4ccccc4c4ccccc43)cc2[Si](c2ccccc2)(c2ccccc2)c2cc(-n3c4ccccc4c4c(-c5ccc6c(c5)c5ccccc5n6-c5ccc6c(c5)[Si](c5ccccc5)(c5ccccc5)c5cc(-n7c8ccccc8c8ccccc87)ccc5N6c5ccccc5)cccc43)ccc21. The summed E-state index contributed by atoms with van der Waals surface area (Å²) in [4.78, 5) is 4.99. The maximum atomic E-state index is 2.58. The molecule has 111 heavy (non-hydrogen) atoms. The van der Waals surface area contributed by atoms with Crippen LogP contribution in [0.4, 0.5) is 28.4 Å². The minimum atomic E-state index is -3.29. The lowest BCUT2D eigenvalue weighted by Crippen LogP contribution is -2.77. The number of fused-ring (bicyclic) bond motifs is 16. The summed E-state index contributed by atoms with van der Waals surface area (Å²) in [7, 11) is -4.21.